The Bertz CT molecular complexity index is 358. The van der Waals surface area contributed by atoms with E-state index in [1.54, 1.807) is 7.11 Å². The zero-order chi connectivity index (χ0) is 13.5. The Morgan fingerprint density at radius 1 is 1.21 bits per heavy atom. The van der Waals surface area contributed by atoms with Gasteiger partial charge >= 0.3 is 0 Å². The molecule has 106 valence electrons. The Kier molecular flexibility index (Phi) is 5.67. The predicted octanol–water partition coefficient (Wildman–Crippen LogP) is 3.13. The van der Waals surface area contributed by atoms with Gasteiger partial charge in [0.05, 0.1) is 6.61 Å². The van der Waals surface area contributed by atoms with Gasteiger partial charge in [0, 0.05) is 19.7 Å². The maximum absolute atomic E-state index is 5.74. The van der Waals surface area contributed by atoms with Gasteiger partial charge < -0.3 is 14.8 Å². The van der Waals surface area contributed by atoms with Crippen molar-refractivity contribution in [3.63, 3.8) is 0 Å². The van der Waals surface area contributed by atoms with Crippen molar-refractivity contribution in [1.82, 2.24) is 5.32 Å². The van der Waals surface area contributed by atoms with E-state index in [4.69, 9.17) is 9.47 Å². The van der Waals surface area contributed by atoms with E-state index in [9.17, 15) is 0 Å². The number of hydrogen-bond donors (Lipinski definition) is 1. The van der Waals surface area contributed by atoms with E-state index < -0.39 is 0 Å². The fraction of sp³-hybridized carbons (Fsp3) is 0.625. The van der Waals surface area contributed by atoms with Crippen LogP contribution in [0.3, 0.4) is 0 Å². The van der Waals surface area contributed by atoms with Gasteiger partial charge in [0.15, 0.2) is 0 Å². The van der Waals surface area contributed by atoms with Crippen LogP contribution in [0.25, 0.3) is 0 Å². The molecule has 0 bridgehead atoms. The second-order valence-electron chi connectivity index (χ2n) is 5.39. The number of ether oxygens (including phenoxy) is 2. The smallest absolute Gasteiger partial charge is 0.119 e. The highest BCUT2D eigenvalue weighted by atomic mass is 16.5. The van der Waals surface area contributed by atoms with Crippen molar-refractivity contribution in [2.75, 3.05) is 13.7 Å². The van der Waals surface area contributed by atoms with Gasteiger partial charge in [0.25, 0.3) is 0 Å². The third-order valence-electron chi connectivity index (χ3n) is 3.61. The molecule has 1 N–H and O–H groups in total. The van der Waals surface area contributed by atoms with Gasteiger partial charge in [0.2, 0.25) is 0 Å². The molecular weight excluding hydrogens is 238 g/mol. The average molecular weight is 263 g/mol. The molecule has 3 heteroatoms. The Hall–Kier alpha value is -1.06. The molecule has 1 saturated carbocycles. The maximum atomic E-state index is 5.74. The SMILES string of the molecule is COC[C@@H](C)Oc1ccc(CNC2CCCC2)cc1. The Labute approximate surface area is 116 Å². The lowest BCUT2D eigenvalue weighted by Crippen LogP contribution is -2.25. The molecule has 0 heterocycles. The summed E-state index contributed by atoms with van der Waals surface area (Å²) in [4.78, 5) is 0. The minimum atomic E-state index is 0.0902. The van der Waals surface area contributed by atoms with Crippen molar-refractivity contribution in [3.8, 4) is 5.75 Å². The van der Waals surface area contributed by atoms with Crippen LogP contribution in [0.15, 0.2) is 24.3 Å². The molecule has 1 aliphatic carbocycles. The summed E-state index contributed by atoms with van der Waals surface area (Å²) >= 11 is 0. The molecule has 0 aromatic heterocycles. The first-order chi connectivity index (χ1) is 9.28. The second-order valence-corrected chi connectivity index (χ2v) is 5.39. The summed E-state index contributed by atoms with van der Waals surface area (Å²) in [6.45, 7) is 3.59. The highest BCUT2D eigenvalue weighted by molar-refractivity contribution is 5.27. The summed E-state index contributed by atoms with van der Waals surface area (Å²) in [6, 6.07) is 9.07. The molecule has 19 heavy (non-hydrogen) atoms. The Morgan fingerprint density at radius 3 is 2.53 bits per heavy atom. The number of hydrogen-bond acceptors (Lipinski definition) is 3. The molecule has 1 fully saturated rings. The van der Waals surface area contributed by atoms with Crippen LogP contribution in [0.2, 0.25) is 0 Å². The van der Waals surface area contributed by atoms with Crippen LogP contribution in [-0.4, -0.2) is 25.9 Å². The first-order valence-corrected chi connectivity index (χ1v) is 7.26. The molecule has 1 aromatic carbocycles. The molecule has 0 spiro atoms. The standard InChI is InChI=1S/C16H25NO2/c1-13(12-18-2)19-16-9-7-14(8-10-16)11-17-15-5-3-4-6-15/h7-10,13,15,17H,3-6,11-12H2,1-2H3/t13-/m1/s1. The molecule has 0 aliphatic heterocycles. The normalized spacial score (nSPS) is 17.6. The highest BCUT2D eigenvalue weighted by Gasteiger charge is 2.13. The third kappa shape index (κ3) is 4.84. The first-order valence-electron chi connectivity index (χ1n) is 7.26. The van der Waals surface area contributed by atoms with Crippen LogP contribution >= 0.6 is 0 Å². The fourth-order valence-electron chi connectivity index (χ4n) is 2.58. The van der Waals surface area contributed by atoms with Gasteiger partial charge in [-0.25, -0.2) is 0 Å². The van der Waals surface area contributed by atoms with E-state index in [1.165, 1.54) is 31.2 Å². The summed E-state index contributed by atoms with van der Waals surface area (Å²) in [5.41, 5.74) is 1.32. The molecule has 0 unspecified atom stereocenters. The Morgan fingerprint density at radius 2 is 1.89 bits per heavy atom. The fourth-order valence-corrected chi connectivity index (χ4v) is 2.58. The number of rotatable bonds is 7. The quantitative estimate of drug-likeness (QED) is 0.820. The van der Waals surface area contributed by atoms with Gasteiger partial charge in [-0.15, -0.1) is 0 Å². The zero-order valence-corrected chi connectivity index (χ0v) is 12.0. The maximum Gasteiger partial charge on any atom is 0.119 e. The van der Waals surface area contributed by atoms with Crippen molar-refractivity contribution >= 4 is 0 Å². The largest absolute Gasteiger partial charge is 0.488 e. The summed E-state index contributed by atoms with van der Waals surface area (Å²) < 4.78 is 10.8. The average Bonchev–Trinajstić information content (AvgIpc) is 2.91. The van der Waals surface area contributed by atoms with Crippen molar-refractivity contribution in [3.05, 3.63) is 29.8 Å². The van der Waals surface area contributed by atoms with E-state index in [0.717, 1.165) is 18.3 Å². The summed E-state index contributed by atoms with van der Waals surface area (Å²) in [6.07, 6.45) is 5.50. The van der Waals surface area contributed by atoms with E-state index in [2.05, 4.69) is 17.4 Å². The molecule has 2 rings (SSSR count). The number of nitrogens with one attached hydrogen (secondary N) is 1. The lowest BCUT2D eigenvalue weighted by molar-refractivity contribution is 0.0921. The van der Waals surface area contributed by atoms with Crippen LogP contribution in [0.5, 0.6) is 5.75 Å². The van der Waals surface area contributed by atoms with Gasteiger partial charge in [-0.1, -0.05) is 25.0 Å². The lowest BCUT2D eigenvalue weighted by Gasteiger charge is -2.15. The van der Waals surface area contributed by atoms with Gasteiger partial charge in [-0.2, -0.15) is 0 Å². The van der Waals surface area contributed by atoms with E-state index in [-0.39, 0.29) is 6.10 Å². The minimum Gasteiger partial charge on any atom is -0.488 e. The van der Waals surface area contributed by atoms with Crippen molar-refractivity contribution in [2.45, 2.75) is 51.3 Å². The molecule has 0 radical (unpaired) electrons. The topological polar surface area (TPSA) is 30.5 Å². The van der Waals surface area contributed by atoms with Crippen LogP contribution in [0, 0.1) is 0 Å². The van der Waals surface area contributed by atoms with Gasteiger partial charge in [0.1, 0.15) is 11.9 Å². The Balaban J connectivity index is 1.77. The molecule has 0 amide bonds. The van der Waals surface area contributed by atoms with E-state index in [0.29, 0.717) is 6.61 Å². The molecule has 1 aliphatic rings. The van der Waals surface area contributed by atoms with E-state index >= 15 is 0 Å². The predicted molar refractivity (Wildman–Crippen MR) is 77.5 cm³/mol. The minimum absolute atomic E-state index is 0.0902. The van der Waals surface area contributed by atoms with Gasteiger partial charge in [-0.3, -0.25) is 0 Å². The van der Waals surface area contributed by atoms with Crippen molar-refractivity contribution < 1.29 is 9.47 Å². The second kappa shape index (κ2) is 7.51. The highest BCUT2D eigenvalue weighted by Crippen LogP contribution is 2.19. The molecule has 0 saturated heterocycles. The molecule has 1 aromatic rings. The molecule has 3 nitrogen and oxygen atoms in total. The first kappa shape index (κ1) is 14.4. The van der Waals surface area contributed by atoms with Crippen LogP contribution in [0.1, 0.15) is 38.2 Å². The van der Waals surface area contributed by atoms with Crippen molar-refractivity contribution in [2.24, 2.45) is 0 Å². The summed E-state index contributed by atoms with van der Waals surface area (Å²) in [7, 11) is 1.69. The van der Waals surface area contributed by atoms with E-state index in [1.807, 2.05) is 19.1 Å². The van der Waals surface area contributed by atoms with Crippen LogP contribution in [0.4, 0.5) is 0 Å². The van der Waals surface area contributed by atoms with Gasteiger partial charge in [-0.05, 0) is 37.5 Å². The lowest BCUT2D eigenvalue weighted by atomic mass is 10.2. The number of methoxy groups -OCH3 is 1. The summed E-state index contributed by atoms with van der Waals surface area (Å²) in [5.74, 6) is 0.911. The third-order valence-corrected chi connectivity index (χ3v) is 3.61. The van der Waals surface area contributed by atoms with Crippen molar-refractivity contribution in [1.29, 1.82) is 0 Å². The zero-order valence-electron chi connectivity index (χ0n) is 12.0. The summed E-state index contributed by atoms with van der Waals surface area (Å²) in [5, 5.41) is 3.62. The van der Waals surface area contributed by atoms with Crippen LogP contribution in [-0.2, 0) is 11.3 Å². The monoisotopic (exact) mass is 263 g/mol. The molecule has 1 atom stereocenters. The molecular formula is C16H25NO2. The number of benzene rings is 1. The van der Waals surface area contributed by atoms with Crippen LogP contribution < -0.4 is 10.1 Å².